The number of rotatable bonds is 5. The largest absolute Gasteiger partial charge is 0.507 e. The van der Waals surface area contributed by atoms with Gasteiger partial charge in [-0.1, -0.05) is 24.3 Å². The number of hydrogen-bond donors (Lipinski definition) is 2. The van der Waals surface area contributed by atoms with E-state index in [4.69, 9.17) is 9.72 Å². The molecule has 0 saturated carbocycles. The Kier molecular flexibility index (Phi) is 5.11. The number of nitrogens with one attached hydrogen (secondary N) is 1. The van der Waals surface area contributed by atoms with E-state index in [0.29, 0.717) is 17.1 Å². The summed E-state index contributed by atoms with van der Waals surface area (Å²) in [5.41, 5.74) is 6.63. The SMILES string of the molecule is COc1ccc(-c2[nH]c(-c3cc(C)c(O)c(C)c3)nc2-c2ccc(C=O)cc2)cc1. The molecule has 5 nitrogen and oxygen atoms in total. The molecule has 1 aromatic heterocycles. The number of aromatic nitrogens is 2. The molecule has 5 heteroatoms. The van der Waals surface area contributed by atoms with Crippen molar-refractivity contribution in [1.29, 1.82) is 0 Å². The van der Waals surface area contributed by atoms with Gasteiger partial charge in [-0.25, -0.2) is 4.98 Å². The molecular formula is C25H22N2O3. The van der Waals surface area contributed by atoms with Crippen molar-refractivity contribution in [3.63, 3.8) is 0 Å². The minimum absolute atomic E-state index is 0.297. The molecule has 0 bridgehead atoms. The molecule has 0 aliphatic heterocycles. The number of methoxy groups -OCH3 is 1. The first-order valence-electron chi connectivity index (χ1n) is 9.61. The zero-order valence-electron chi connectivity index (χ0n) is 17.1. The van der Waals surface area contributed by atoms with Crippen molar-refractivity contribution < 1.29 is 14.6 Å². The number of aromatic amines is 1. The number of phenolic OH excluding ortho intramolecular Hbond substituents is 1. The van der Waals surface area contributed by atoms with E-state index in [1.54, 1.807) is 19.2 Å². The Labute approximate surface area is 175 Å². The Bertz CT molecular complexity index is 1180. The Hall–Kier alpha value is -3.86. The molecule has 4 rings (SSSR count). The molecule has 0 saturated heterocycles. The standard InChI is InChI=1S/C25H22N2O3/c1-15-12-20(13-16(2)24(15)29)25-26-22(18-6-4-17(14-28)5-7-18)23(27-25)19-8-10-21(30-3)11-9-19/h4-14,29H,1-3H3,(H,26,27). The number of carbonyl (C=O) groups excluding carboxylic acids is 1. The molecule has 150 valence electrons. The topological polar surface area (TPSA) is 75.2 Å². The molecular weight excluding hydrogens is 376 g/mol. The highest BCUT2D eigenvalue weighted by molar-refractivity contribution is 5.83. The first kappa shape index (κ1) is 19.5. The van der Waals surface area contributed by atoms with Gasteiger partial charge in [-0.15, -0.1) is 0 Å². The molecule has 0 amide bonds. The number of aryl methyl sites for hydroxylation is 2. The lowest BCUT2D eigenvalue weighted by Gasteiger charge is -2.06. The van der Waals surface area contributed by atoms with Gasteiger partial charge in [0.1, 0.15) is 23.6 Å². The number of phenols is 1. The molecule has 0 atom stereocenters. The third-order valence-corrected chi connectivity index (χ3v) is 5.17. The van der Waals surface area contributed by atoms with Gasteiger partial charge < -0.3 is 14.8 Å². The highest BCUT2D eigenvalue weighted by Crippen LogP contribution is 2.35. The fraction of sp³-hybridized carbons (Fsp3) is 0.120. The van der Waals surface area contributed by atoms with Crippen LogP contribution in [0.25, 0.3) is 33.9 Å². The number of ether oxygens (including phenoxy) is 1. The normalized spacial score (nSPS) is 10.8. The Morgan fingerprint density at radius 3 is 2.07 bits per heavy atom. The van der Waals surface area contributed by atoms with Crippen LogP contribution >= 0.6 is 0 Å². The summed E-state index contributed by atoms with van der Waals surface area (Å²) >= 11 is 0. The summed E-state index contributed by atoms with van der Waals surface area (Å²) in [5, 5.41) is 10.1. The van der Waals surface area contributed by atoms with E-state index in [0.717, 1.165) is 51.2 Å². The lowest BCUT2D eigenvalue weighted by atomic mass is 10.0. The average molecular weight is 398 g/mol. The van der Waals surface area contributed by atoms with Gasteiger partial charge in [0.25, 0.3) is 0 Å². The number of benzene rings is 3. The summed E-state index contributed by atoms with van der Waals surface area (Å²) in [6.07, 6.45) is 0.826. The second-order valence-electron chi connectivity index (χ2n) is 7.24. The van der Waals surface area contributed by atoms with Crippen LogP contribution in [0.15, 0.2) is 60.7 Å². The Morgan fingerprint density at radius 2 is 1.50 bits per heavy atom. The third kappa shape index (κ3) is 3.57. The number of nitrogens with zero attached hydrogens (tertiary/aromatic N) is 1. The van der Waals surface area contributed by atoms with Crippen molar-refractivity contribution in [3.8, 4) is 45.4 Å². The zero-order valence-corrected chi connectivity index (χ0v) is 17.1. The van der Waals surface area contributed by atoms with Gasteiger partial charge in [-0.3, -0.25) is 4.79 Å². The van der Waals surface area contributed by atoms with Crippen LogP contribution in [0.3, 0.4) is 0 Å². The van der Waals surface area contributed by atoms with Gasteiger partial charge in [0.2, 0.25) is 0 Å². The number of aldehydes is 1. The average Bonchev–Trinajstić information content (AvgIpc) is 3.22. The van der Waals surface area contributed by atoms with Crippen molar-refractivity contribution in [1.82, 2.24) is 9.97 Å². The van der Waals surface area contributed by atoms with E-state index in [1.807, 2.05) is 62.4 Å². The smallest absolute Gasteiger partial charge is 0.150 e. The van der Waals surface area contributed by atoms with Crippen molar-refractivity contribution in [2.24, 2.45) is 0 Å². The monoisotopic (exact) mass is 398 g/mol. The maximum atomic E-state index is 11.0. The molecule has 3 aromatic carbocycles. The van der Waals surface area contributed by atoms with Gasteiger partial charge in [-0.2, -0.15) is 0 Å². The summed E-state index contributed by atoms with van der Waals surface area (Å²) in [5.74, 6) is 1.78. The van der Waals surface area contributed by atoms with Crippen LogP contribution in [0.4, 0.5) is 0 Å². The fourth-order valence-electron chi connectivity index (χ4n) is 3.50. The summed E-state index contributed by atoms with van der Waals surface area (Å²) in [6.45, 7) is 3.75. The zero-order chi connectivity index (χ0) is 21.3. The Morgan fingerprint density at radius 1 is 0.900 bits per heavy atom. The predicted octanol–water partition coefficient (Wildman–Crippen LogP) is 5.55. The third-order valence-electron chi connectivity index (χ3n) is 5.17. The van der Waals surface area contributed by atoms with Gasteiger partial charge >= 0.3 is 0 Å². The quantitative estimate of drug-likeness (QED) is 0.432. The molecule has 0 aliphatic carbocycles. The Balaban J connectivity index is 1.89. The molecule has 4 aromatic rings. The number of carbonyl (C=O) groups is 1. The van der Waals surface area contributed by atoms with Crippen molar-refractivity contribution in [3.05, 3.63) is 77.4 Å². The van der Waals surface area contributed by atoms with Crippen LogP contribution in [0.5, 0.6) is 11.5 Å². The number of hydrogen-bond acceptors (Lipinski definition) is 4. The molecule has 0 unspecified atom stereocenters. The number of imidazole rings is 1. The molecule has 2 N–H and O–H groups in total. The molecule has 0 spiro atoms. The number of aromatic hydroxyl groups is 1. The van der Waals surface area contributed by atoms with Crippen molar-refractivity contribution in [2.75, 3.05) is 7.11 Å². The highest BCUT2D eigenvalue weighted by atomic mass is 16.5. The summed E-state index contributed by atoms with van der Waals surface area (Å²) < 4.78 is 5.27. The van der Waals surface area contributed by atoms with E-state index >= 15 is 0 Å². The van der Waals surface area contributed by atoms with E-state index in [-0.39, 0.29) is 0 Å². The molecule has 0 aliphatic rings. The highest BCUT2D eigenvalue weighted by Gasteiger charge is 2.17. The lowest BCUT2D eigenvalue weighted by molar-refractivity contribution is 0.112. The van der Waals surface area contributed by atoms with Crippen LogP contribution in [0.1, 0.15) is 21.5 Å². The van der Waals surface area contributed by atoms with E-state index in [2.05, 4.69) is 4.98 Å². The first-order valence-corrected chi connectivity index (χ1v) is 9.61. The fourth-order valence-corrected chi connectivity index (χ4v) is 3.50. The van der Waals surface area contributed by atoms with Gasteiger partial charge in [0.15, 0.2) is 0 Å². The van der Waals surface area contributed by atoms with Gasteiger partial charge in [-0.05, 0) is 61.4 Å². The molecule has 1 heterocycles. The summed E-state index contributed by atoms with van der Waals surface area (Å²) in [6, 6.07) is 18.9. The van der Waals surface area contributed by atoms with Gasteiger partial charge in [0, 0.05) is 22.3 Å². The van der Waals surface area contributed by atoms with Crippen molar-refractivity contribution in [2.45, 2.75) is 13.8 Å². The molecule has 0 fully saturated rings. The minimum Gasteiger partial charge on any atom is -0.507 e. The van der Waals surface area contributed by atoms with Crippen LogP contribution in [-0.4, -0.2) is 28.5 Å². The summed E-state index contributed by atoms with van der Waals surface area (Å²) in [4.78, 5) is 19.4. The molecule has 0 radical (unpaired) electrons. The maximum absolute atomic E-state index is 11.0. The van der Waals surface area contributed by atoms with Gasteiger partial charge in [0.05, 0.1) is 18.5 Å². The second-order valence-corrected chi connectivity index (χ2v) is 7.24. The van der Waals surface area contributed by atoms with Crippen LogP contribution in [0.2, 0.25) is 0 Å². The van der Waals surface area contributed by atoms with E-state index in [1.165, 1.54) is 0 Å². The maximum Gasteiger partial charge on any atom is 0.150 e. The first-order chi connectivity index (χ1) is 14.5. The summed E-state index contributed by atoms with van der Waals surface area (Å²) in [7, 11) is 1.64. The lowest BCUT2D eigenvalue weighted by Crippen LogP contribution is -1.87. The van der Waals surface area contributed by atoms with E-state index < -0.39 is 0 Å². The minimum atomic E-state index is 0.297. The van der Waals surface area contributed by atoms with Crippen LogP contribution in [0, 0.1) is 13.8 Å². The molecule has 30 heavy (non-hydrogen) atoms. The van der Waals surface area contributed by atoms with E-state index in [9.17, 15) is 9.90 Å². The number of H-pyrrole nitrogens is 1. The second kappa shape index (κ2) is 7.87. The van der Waals surface area contributed by atoms with Crippen molar-refractivity contribution >= 4 is 6.29 Å². The van der Waals surface area contributed by atoms with Crippen LogP contribution in [-0.2, 0) is 0 Å². The van der Waals surface area contributed by atoms with Crippen LogP contribution < -0.4 is 4.74 Å². The predicted molar refractivity (Wildman–Crippen MR) is 118 cm³/mol.